The molecule has 4 nitrogen and oxygen atoms in total. The van der Waals surface area contributed by atoms with Gasteiger partial charge in [-0.1, -0.05) is 130 Å². The summed E-state index contributed by atoms with van der Waals surface area (Å²) in [6.07, 6.45) is 14.4. The predicted octanol–water partition coefficient (Wildman–Crippen LogP) is 8.49. The first-order valence-electron chi connectivity index (χ1n) is 12.6. The first-order chi connectivity index (χ1) is 16.1. The van der Waals surface area contributed by atoms with Crippen LogP contribution in [0.1, 0.15) is 102 Å². The van der Waals surface area contributed by atoms with Crippen LogP contribution in [0.25, 0.3) is 0 Å². The van der Waals surface area contributed by atoms with Gasteiger partial charge in [-0.05, 0) is 44.1 Å². The Kier molecular flexibility index (Phi) is 16.2. The van der Waals surface area contributed by atoms with Gasteiger partial charge in [0.2, 0.25) is 9.70 Å². The van der Waals surface area contributed by atoms with E-state index in [2.05, 4.69) is 22.9 Å². The number of benzene rings is 1. The van der Waals surface area contributed by atoms with E-state index in [9.17, 15) is 4.79 Å². The molecule has 0 unspecified atom stereocenters. The van der Waals surface area contributed by atoms with Gasteiger partial charge >= 0.3 is 0 Å². The molecule has 0 spiro atoms. The van der Waals surface area contributed by atoms with Crippen molar-refractivity contribution < 1.29 is 4.79 Å². The third-order valence-electron chi connectivity index (χ3n) is 5.80. The molecular formula is C26H42Cl3N3OS. The summed E-state index contributed by atoms with van der Waals surface area (Å²) in [5, 5.41) is 9.05. The molecule has 0 fully saturated rings. The van der Waals surface area contributed by atoms with Gasteiger partial charge in [-0.25, -0.2) is 0 Å². The molecule has 0 saturated heterocycles. The Bertz CT molecular complexity index is 740. The first-order valence-corrected chi connectivity index (χ1v) is 14.2. The number of hydrogen-bond donors (Lipinski definition) is 3. The fraction of sp³-hybridized carbons (Fsp3) is 0.692. The number of rotatable bonds is 16. The van der Waals surface area contributed by atoms with Crippen molar-refractivity contribution in [3.63, 3.8) is 0 Å². The zero-order chi connectivity index (χ0) is 25.4. The number of halogens is 3. The van der Waals surface area contributed by atoms with E-state index in [1.54, 1.807) is 0 Å². The largest absolute Gasteiger partial charge is 0.339 e. The molecule has 194 valence electrons. The molecule has 1 rings (SSSR count). The van der Waals surface area contributed by atoms with Gasteiger partial charge in [-0.2, -0.15) is 0 Å². The minimum absolute atomic E-state index is 0.162. The van der Waals surface area contributed by atoms with Crippen molar-refractivity contribution in [3.8, 4) is 0 Å². The summed E-state index contributed by atoms with van der Waals surface area (Å²) in [7, 11) is 0. The quantitative estimate of drug-likeness (QED) is 0.0836. The van der Waals surface area contributed by atoms with Gasteiger partial charge in [-0.15, -0.1) is 0 Å². The van der Waals surface area contributed by atoms with Gasteiger partial charge in [0.1, 0.15) is 6.17 Å². The fourth-order valence-electron chi connectivity index (χ4n) is 3.80. The van der Waals surface area contributed by atoms with Crippen molar-refractivity contribution in [1.29, 1.82) is 0 Å². The van der Waals surface area contributed by atoms with Crippen LogP contribution < -0.4 is 16.0 Å². The Morgan fingerprint density at radius 2 is 1.41 bits per heavy atom. The number of amides is 1. The average molecular weight is 551 g/mol. The second-order valence-corrected chi connectivity index (χ2v) is 11.9. The van der Waals surface area contributed by atoms with E-state index < -0.39 is 9.96 Å². The van der Waals surface area contributed by atoms with Crippen LogP contribution in [0.2, 0.25) is 0 Å². The zero-order valence-electron chi connectivity index (χ0n) is 21.0. The zero-order valence-corrected chi connectivity index (χ0v) is 24.0. The Hall–Kier alpha value is -0.750. The number of unbranched alkanes of at least 4 members (excludes halogenated alkanes) is 11. The highest BCUT2D eigenvalue weighted by molar-refractivity contribution is 7.80. The molecule has 0 aliphatic rings. The Morgan fingerprint density at radius 1 is 0.882 bits per heavy atom. The molecule has 0 aliphatic carbocycles. The number of carbonyl (C=O) groups is 1. The van der Waals surface area contributed by atoms with E-state index in [0.29, 0.717) is 6.42 Å². The lowest BCUT2D eigenvalue weighted by Crippen LogP contribution is -2.56. The molecule has 0 bridgehead atoms. The van der Waals surface area contributed by atoms with E-state index in [1.807, 2.05) is 32.0 Å². The smallest absolute Gasteiger partial charge is 0.228 e. The van der Waals surface area contributed by atoms with Crippen LogP contribution in [0.5, 0.6) is 0 Å². The highest BCUT2D eigenvalue weighted by atomic mass is 35.6. The van der Waals surface area contributed by atoms with Crippen LogP contribution in [-0.2, 0) is 4.79 Å². The van der Waals surface area contributed by atoms with Crippen LogP contribution in [0.3, 0.4) is 0 Å². The van der Waals surface area contributed by atoms with Crippen molar-refractivity contribution >= 4 is 63.7 Å². The van der Waals surface area contributed by atoms with E-state index in [-0.39, 0.29) is 11.0 Å². The maximum Gasteiger partial charge on any atom is 0.228 e. The van der Waals surface area contributed by atoms with Crippen LogP contribution in [-0.4, -0.2) is 21.0 Å². The number of alkyl halides is 3. The van der Waals surface area contributed by atoms with Gasteiger partial charge in [0.05, 0.1) is 0 Å². The summed E-state index contributed by atoms with van der Waals surface area (Å²) < 4.78 is -1.75. The van der Waals surface area contributed by atoms with Crippen molar-refractivity contribution in [2.24, 2.45) is 0 Å². The highest BCUT2D eigenvalue weighted by Crippen LogP contribution is 2.29. The summed E-state index contributed by atoms with van der Waals surface area (Å²) in [6, 6.07) is 5.98. The van der Waals surface area contributed by atoms with Crippen LogP contribution in [0.4, 0.5) is 5.69 Å². The summed E-state index contributed by atoms with van der Waals surface area (Å²) in [5.41, 5.74) is 3.06. The monoisotopic (exact) mass is 549 g/mol. The lowest BCUT2D eigenvalue weighted by atomic mass is 10.0. The first kappa shape index (κ1) is 31.3. The lowest BCUT2D eigenvalue weighted by Gasteiger charge is -2.28. The number of anilines is 1. The van der Waals surface area contributed by atoms with Crippen LogP contribution >= 0.6 is 47.0 Å². The maximum atomic E-state index is 12.4. The summed E-state index contributed by atoms with van der Waals surface area (Å²) in [4.78, 5) is 12.4. The van der Waals surface area contributed by atoms with Gasteiger partial charge in [-0.3, -0.25) is 4.79 Å². The summed E-state index contributed by atoms with van der Waals surface area (Å²) >= 11 is 23.6. The molecule has 34 heavy (non-hydrogen) atoms. The van der Waals surface area contributed by atoms with E-state index in [0.717, 1.165) is 36.1 Å². The van der Waals surface area contributed by atoms with Crippen LogP contribution in [0, 0.1) is 13.8 Å². The topological polar surface area (TPSA) is 53.2 Å². The molecule has 0 radical (unpaired) electrons. The Balaban J connectivity index is 2.26. The molecule has 1 aromatic carbocycles. The molecule has 3 N–H and O–H groups in total. The highest BCUT2D eigenvalue weighted by Gasteiger charge is 2.34. The minimum Gasteiger partial charge on any atom is -0.339 e. The molecule has 8 heteroatoms. The number of thiocarbonyl (C=S) groups is 1. The molecule has 1 amide bonds. The van der Waals surface area contributed by atoms with Crippen molar-refractivity contribution in [2.45, 2.75) is 114 Å². The molecule has 1 atom stereocenters. The standard InChI is InChI=1S/C26H42Cl3N3OS/c1-4-5-6-7-8-9-10-11-12-13-14-15-16-23(33)31-24(26(27,28)29)32-25(34)30-22-18-17-20(2)19-21(22)3/h17-19,24H,4-16H2,1-3H3,(H,31,33)(H2,30,32,34)/t24-/m0/s1. The minimum atomic E-state index is -1.75. The van der Waals surface area contributed by atoms with Crippen molar-refractivity contribution in [2.75, 3.05) is 5.32 Å². The van der Waals surface area contributed by atoms with E-state index >= 15 is 0 Å². The van der Waals surface area contributed by atoms with Gasteiger partial charge < -0.3 is 16.0 Å². The van der Waals surface area contributed by atoms with Gasteiger partial charge in [0.25, 0.3) is 0 Å². The Morgan fingerprint density at radius 3 is 1.91 bits per heavy atom. The lowest BCUT2D eigenvalue weighted by molar-refractivity contribution is -0.122. The molecule has 0 heterocycles. The van der Waals surface area contributed by atoms with E-state index in [4.69, 9.17) is 47.0 Å². The SMILES string of the molecule is CCCCCCCCCCCCCCC(=O)N[C@@H](NC(=S)Nc1ccc(C)cc1C)C(Cl)(Cl)Cl. The molecular weight excluding hydrogens is 509 g/mol. The molecule has 0 aromatic heterocycles. The number of hydrogen-bond acceptors (Lipinski definition) is 2. The third-order valence-corrected chi connectivity index (χ3v) is 6.67. The maximum absolute atomic E-state index is 12.4. The predicted molar refractivity (Wildman–Crippen MR) is 153 cm³/mol. The second-order valence-electron chi connectivity index (χ2n) is 9.10. The molecule has 0 saturated carbocycles. The third kappa shape index (κ3) is 14.6. The van der Waals surface area contributed by atoms with Crippen molar-refractivity contribution in [3.05, 3.63) is 29.3 Å². The van der Waals surface area contributed by atoms with Gasteiger partial charge in [0, 0.05) is 12.1 Å². The Labute approximate surface area is 227 Å². The van der Waals surface area contributed by atoms with Gasteiger partial charge in [0.15, 0.2) is 5.11 Å². The fourth-order valence-corrected chi connectivity index (χ4v) is 4.36. The number of carbonyl (C=O) groups excluding carboxylic acids is 1. The van der Waals surface area contributed by atoms with E-state index in [1.165, 1.54) is 57.8 Å². The summed E-state index contributed by atoms with van der Waals surface area (Å²) in [5.74, 6) is -0.162. The molecule has 0 aliphatic heterocycles. The number of nitrogens with one attached hydrogen (secondary N) is 3. The number of aryl methyl sites for hydroxylation is 2. The average Bonchev–Trinajstić information content (AvgIpc) is 2.75. The molecule has 1 aromatic rings. The summed E-state index contributed by atoms with van der Waals surface area (Å²) in [6.45, 7) is 6.26. The van der Waals surface area contributed by atoms with Crippen LogP contribution in [0.15, 0.2) is 18.2 Å². The van der Waals surface area contributed by atoms with Crippen molar-refractivity contribution in [1.82, 2.24) is 10.6 Å². The normalized spacial score (nSPS) is 12.3. The second kappa shape index (κ2) is 17.6.